The molecule has 0 saturated heterocycles. The largest absolute Gasteiger partial charge is 0.489 e. The van der Waals surface area contributed by atoms with Crippen molar-refractivity contribution < 1.29 is 38.0 Å². The van der Waals surface area contributed by atoms with Gasteiger partial charge in [-0.2, -0.15) is 0 Å². The van der Waals surface area contributed by atoms with Crippen molar-refractivity contribution in [2.45, 2.75) is 0 Å². The summed E-state index contributed by atoms with van der Waals surface area (Å²) in [6.07, 6.45) is 4.10. The molecule has 0 aromatic heterocycles. The summed E-state index contributed by atoms with van der Waals surface area (Å²) in [4.78, 5) is 0. The average Bonchev–Trinajstić information content (AvgIpc) is 2.05. The quantitative estimate of drug-likeness (QED) is 0.640. The summed E-state index contributed by atoms with van der Waals surface area (Å²) in [5.41, 5.74) is 1.17. The van der Waals surface area contributed by atoms with Crippen LogP contribution in [0, 0.1) is 0 Å². The van der Waals surface area contributed by atoms with Crippen LogP contribution in [0.1, 0.15) is 5.56 Å². The van der Waals surface area contributed by atoms with E-state index in [4.69, 9.17) is 4.74 Å². The van der Waals surface area contributed by atoms with Gasteiger partial charge in [-0.3, -0.25) is 0 Å². The van der Waals surface area contributed by atoms with Gasteiger partial charge in [0.1, 0.15) is 12.4 Å². The Hall–Kier alpha value is -0.240. The van der Waals surface area contributed by atoms with E-state index in [9.17, 15) is 0 Å². The fourth-order valence-corrected chi connectivity index (χ4v) is 1.06. The van der Waals surface area contributed by atoms with Gasteiger partial charge in [0.25, 0.3) is 0 Å². The van der Waals surface area contributed by atoms with Crippen LogP contribution in [-0.4, -0.2) is 6.61 Å². The van der Waals surface area contributed by atoms with E-state index >= 15 is 0 Å². The van der Waals surface area contributed by atoms with Crippen molar-refractivity contribution in [1.29, 1.82) is 0 Å². The van der Waals surface area contributed by atoms with Crippen molar-refractivity contribution in [1.82, 2.24) is 0 Å². The van der Waals surface area contributed by atoms with Crippen molar-refractivity contribution in [3.8, 4) is 5.75 Å². The van der Waals surface area contributed by atoms with Gasteiger partial charge in [-0.25, -0.2) is 0 Å². The van der Waals surface area contributed by atoms with Crippen LogP contribution < -0.4 is 4.74 Å². The van der Waals surface area contributed by atoms with Crippen molar-refractivity contribution in [2.24, 2.45) is 0 Å². The maximum atomic E-state index is 5.34. The van der Waals surface area contributed by atoms with E-state index in [1.165, 1.54) is 5.56 Å². The Kier molecular flexibility index (Phi) is 5.31. The van der Waals surface area contributed by atoms with Gasteiger partial charge in [0, 0.05) is 38.8 Å². The second-order valence-electron chi connectivity index (χ2n) is 2.25. The zero-order chi connectivity index (χ0) is 6.81. The molecule has 0 aliphatic carbocycles. The van der Waals surface area contributed by atoms with Crippen LogP contribution in [0.3, 0.4) is 0 Å². The standard InChI is InChI=1S/C9H8O.Co.Ni/c1-2-6-9-8(4-1)5-3-7-10-9;;/h1-6H,7H2;;. The van der Waals surface area contributed by atoms with Crippen LogP contribution in [0.4, 0.5) is 0 Å². The summed E-state index contributed by atoms with van der Waals surface area (Å²) < 4.78 is 5.34. The Morgan fingerprint density at radius 3 is 2.67 bits per heavy atom. The summed E-state index contributed by atoms with van der Waals surface area (Å²) in [6.45, 7) is 0.705. The molecule has 69 valence electrons. The second kappa shape index (κ2) is 5.41. The number of fused-ring (bicyclic) bond motifs is 1. The first-order chi connectivity index (χ1) is 4.97. The molecule has 0 atom stereocenters. The van der Waals surface area contributed by atoms with Crippen molar-refractivity contribution >= 4 is 6.08 Å². The topological polar surface area (TPSA) is 9.23 Å². The minimum atomic E-state index is 0. The fourth-order valence-electron chi connectivity index (χ4n) is 1.06. The van der Waals surface area contributed by atoms with Crippen LogP contribution in [0.25, 0.3) is 6.08 Å². The zero-order valence-corrected chi connectivity index (χ0v) is 8.26. The number of hydrogen-bond donors (Lipinski definition) is 0. The molecule has 2 rings (SSSR count). The monoisotopic (exact) mass is 249 g/mol. The van der Waals surface area contributed by atoms with Gasteiger partial charge < -0.3 is 4.74 Å². The molecule has 0 spiro atoms. The summed E-state index contributed by atoms with van der Waals surface area (Å²) in [6, 6.07) is 8.03. The van der Waals surface area contributed by atoms with E-state index in [1.807, 2.05) is 30.3 Å². The first-order valence-electron chi connectivity index (χ1n) is 3.35. The van der Waals surface area contributed by atoms with Gasteiger partial charge in [0.15, 0.2) is 0 Å². The molecule has 0 N–H and O–H groups in total. The Morgan fingerprint density at radius 2 is 1.92 bits per heavy atom. The molecule has 1 aromatic carbocycles. The second-order valence-corrected chi connectivity index (χ2v) is 2.25. The Labute approximate surface area is 92.3 Å². The molecule has 0 amide bonds. The molecular formula is C9H8CoNiO. The van der Waals surface area contributed by atoms with E-state index in [2.05, 4.69) is 6.08 Å². The number of para-hydroxylation sites is 1. The SMILES string of the molecule is C1=Cc2ccccc2OC1.[Co].[Ni]. The zero-order valence-electron chi connectivity index (χ0n) is 6.23. The third-order valence-electron chi connectivity index (χ3n) is 1.55. The summed E-state index contributed by atoms with van der Waals surface area (Å²) in [5, 5.41) is 0. The molecule has 1 aliphatic heterocycles. The van der Waals surface area contributed by atoms with Crippen molar-refractivity contribution in [2.75, 3.05) is 6.61 Å². The van der Waals surface area contributed by atoms with E-state index in [-0.39, 0.29) is 33.3 Å². The van der Waals surface area contributed by atoms with E-state index in [0.717, 1.165) is 5.75 Å². The first kappa shape index (κ1) is 11.8. The minimum Gasteiger partial charge on any atom is -0.489 e. The maximum absolute atomic E-state index is 5.34. The average molecular weight is 250 g/mol. The summed E-state index contributed by atoms with van der Waals surface area (Å²) >= 11 is 0. The molecule has 1 aliphatic rings. The van der Waals surface area contributed by atoms with Crippen LogP contribution in [-0.2, 0) is 33.3 Å². The number of ether oxygens (including phenoxy) is 1. The summed E-state index contributed by atoms with van der Waals surface area (Å²) in [7, 11) is 0. The molecule has 1 aromatic rings. The van der Waals surface area contributed by atoms with Crippen LogP contribution in [0.5, 0.6) is 5.75 Å². The first-order valence-corrected chi connectivity index (χ1v) is 3.35. The molecule has 12 heavy (non-hydrogen) atoms. The summed E-state index contributed by atoms with van der Waals surface area (Å²) in [5.74, 6) is 0.991. The number of benzene rings is 1. The maximum Gasteiger partial charge on any atom is 0.126 e. The molecule has 0 unspecified atom stereocenters. The smallest absolute Gasteiger partial charge is 0.126 e. The number of rotatable bonds is 0. The van der Waals surface area contributed by atoms with Crippen LogP contribution in [0.2, 0.25) is 0 Å². The Balaban J connectivity index is 0.000000605. The molecule has 1 radical (unpaired) electrons. The van der Waals surface area contributed by atoms with Gasteiger partial charge >= 0.3 is 0 Å². The normalized spacial score (nSPS) is 11.7. The van der Waals surface area contributed by atoms with E-state index < -0.39 is 0 Å². The Morgan fingerprint density at radius 1 is 1.17 bits per heavy atom. The van der Waals surface area contributed by atoms with Crippen LogP contribution in [0.15, 0.2) is 30.3 Å². The van der Waals surface area contributed by atoms with Crippen molar-refractivity contribution in [3.63, 3.8) is 0 Å². The van der Waals surface area contributed by atoms with Gasteiger partial charge in [0.2, 0.25) is 0 Å². The minimum absolute atomic E-state index is 0. The molecule has 0 saturated carbocycles. The van der Waals surface area contributed by atoms with Gasteiger partial charge in [-0.05, 0) is 12.1 Å². The molecule has 0 fully saturated rings. The van der Waals surface area contributed by atoms with Gasteiger partial charge in [0.05, 0.1) is 0 Å². The van der Waals surface area contributed by atoms with E-state index in [0.29, 0.717) is 6.61 Å². The molecule has 0 bridgehead atoms. The van der Waals surface area contributed by atoms with Gasteiger partial charge in [-0.15, -0.1) is 0 Å². The van der Waals surface area contributed by atoms with Gasteiger partial charge in [-0.1, -0.05) is 24.3 Å². The third kappa shape index (κ3) is 2.37. The predicted octanol–water partition coefficient (Wildman–Crippen LogP) is 2.09. The molecule has 1 heterocycles. The van der Waals surface area contributed by atoms with Crippen LogP contribution >= 0.6 is 0 Å². The predicted molar refractivity (Wildman–Crippen MR) is 41.0 cm³/mol. The molecule has 1 nitrogen and oxygen atoms in total. The third-order valence-corrected chi connectivity index (χ3v) is 1.55. The van der Waals surface area contributed by atoms with Crippen molar-refractivity contribution in [3.05, 3.63) is 35.9 Å². The Bertz CT molecular complexity index is 273. The molecular weight excluding hydrogens is 242 g/mol. The molecule has 3 heteroatoms. The fraction of sp³-hybridized carbons (Fsp3) is 0.111. The number of hydrogen-bond acceptors (Lipinski definition) is 1. The van der Waals surface area contributed by atoms with E-state index in [1.54, 1.807) is 0 Å².